The normalized spacial score (nSPS) is 12.4. The highest BCUT2D eigenvalue weighted by atomic mass is 35.5. The molecule has 2 aromatic rings. The molecule has 4 heteroatoms. The lowest BCUT2D eigenvalue weighted by molar-refractivity contribution is 0.548. The van der Waals surface area contributed by atoms with Gasteiger partial charge in [-0.1, -0.05) is 42.3 Å². The number of hydrogen-bond donors (Lipinski definition) is 1. The van der Waals surface area contributed by atoms with Crippen LogP contribution in [0.4, 0.5) is 4.39 Å². The quantitative estimate of drug-likeness (QED) is 0.782. The van der Waals surface area contributed by atoms with Crippen molar-refractivity contribution in [2.75, 3.05) is 6.54 Å². The summed E-state index contributed by atoms with van der Waals surface area (Å²) in [6, 6.07) is 10.6. The van der Waals surface area contributed by atoms with Crippen LogP contribution in [0.5, 0.6) is 0 Å². The van der Waals surface area contributed by atoms with E-state index in [9.17, 15) is 4.39 Å². The first-order chi connectivity index (χ1) is 9.99. The van der Waals surface area contributed by atoms with Crippen LogP contribution < -0.4 is 5.32 Å². The molecule has 1 N–H and O–H groups in total. The van der Waals surface area contributed by atoms with E-state index in [1.54, 1.807) is 6.07 Å². The summed E-state index contributed by atoms with van der Waals surface area (Å²) in [5, 5.41) is 4.61. The summed E-state index contributed by atoms with van der Waals surface area (Å²) in [5.74, 6) is -0.317. The third-order valence-electron chi connectivity index (χ3n) is 3.36. The Morgan fingerprint density at radius 1 is 1.14 bits per heavy atom. The topological polar surface area (TPSA) is 12.0 Å². The first-order valence-electron chi connectivity index (χ1n) is 6.94. The van der Waals surface area contributed by atoms with Gasteiger partial charge in [-0.15, -0.1) is 0 Å². The van der Waals surface area contributed by atoms with Crippen molar-refractivity contribution >= 4 is 23.2 Å². The van der Waals surface area contributed by atoms with E-state index in [-0.39, 0.29) is 11.9 Å². The largest absolute Gasteiger partial charge is 0.310 e. The van der Waals surface area contributed by atoms with Gasteiger partial charge >= 0.3 is 0 Å². The van der Waals surface area contributed by atoms with Crippen LogP contribution in [0.1, 0.15) is 29.7 Å². The molecule has 0 radical (unpaired) electrons. The monoisotopic (exact) mass is 325 g/mol. The lowest BCUT2D eigenvalue weighted by Gasteiger charge is -2.20. The summed E-state index contributed by atoms with van der Waals surface area (Å²) in [4.78, 5) is 0. The SMILES string of the molecule is CCNC(Cc1ccc(F)cc1Cl)c1cc(C)cc(Cl)c1. The smallest absolute Gasteiger partial charge is 0.124 e. The molecule has 0 aromatic heterocycles. The number of benzene rings is 2. The summed E-state index contributed by atoms with van der Waals surface area (Å²) in [6.45, 7) is 4.90. The van der Waals surface area contributed by atoms with Gasteiger partial charge in [0.2, 0.25) is 0 Å². The van der Waals surface area contributed by atoms with E-state index in [0.29, 0.717) is 11.4 Å². The van der Waals surface area contributed by atoms with Crippen molar-refractivity contribution in [3.8, 4) is 0 Å². The molecule has 0 bridgehead atoms. The molecule has 112 valence electrons. The maximum Gasteiger partial charge on any atom is 0.124 e. The molecular formula is C17H18Cl2FN. The van der Waals surface area contributed by atoms with Crippen molar-refractivity contribution in [3.05, 3.63) is 69.0 Å². The molecule has 0 spiro atoms. The van der Waals surface area contributed by atoms with Crippen molar-refractivity contribution in [1.82, 2.24) is 5.32 Å². The van der Waals surface area contributed by atoms with Gasteiger partial charge in [-0.3, -0.25) is 0 Å². The first-order valence-corrected chi connectivity index (χ1v) is 7.69. The van der Waals surface area contributed by atoms with Crippen LogP contribution in [0.2, 0.25) is 10.0 Å². The summed E-state index contributed by atoms with van der Waals surface area (Å²) in [6.07, 6.45) is 0.687. The van der Waals surface area contributed by atoms with Crippen LogP contribution >= 0.6 is 23.2 Å². The van der Waals surface area contributed by atoms with Gasteiger partial charge in [0.25, 0.3) is 0 Å². The number of likely N-dealkylation sites (N-methyl/N-ethyl adjacent to an activating group) is 1. The highest BCUT2D eigenvalue weighted by Crippen LogP contribution is 2.26. The van der Waals surface area contributed by atoms with Crippen molar-refractivity contribution in [1.29, 1.82) is 0 Å². The van der Waals surface area contributed by atoms with E-state index in [1.165, 1.54) is 12.1 Å². The molecule has 0 saturated carbocycles. The fourth-order valence-electron chi connectivity index (χ4n) is 2.43. The predicted molar refractivity (Wildman–Crippen MR) is 87.7 cm³/mol. The Morgan fingerprint density at radius 3 is 2.52 bits per heavy atom. The Kier molecular flexibility index (Phi) is 5.63. The Labute approximate surface area is 135 Å². The third-order valence-corrected chi connectivity index (χ3v) is 3.93. The molecule has 0 heterocycles. The standard InChI is InChI=1S/C17H18Cl2FN/c1-3-21-17(13-6-11(2)7-14(18)8-13)9-12-4-5-15(20)10-16(12)19/h4-8,10,17,21H,3,9H2,1-2H3. The molecule has 0 aliphatic heterocycles. The van der Waals surface area contributed by atoms with Crippen molar-refractivity contribution < 1.29 is 4.39 Å². The second-order valence-electron chi connectivity index (χ2n) is 5.11. The fraction of sp³-hybridized carbons (Fsp3) is 0.294. The van der Waals surface area contributed by atoms with Crippen LogP contribution in [0.25, 0.3) is 0 Å². The van der Waals surface area contributed by atoms with Crippen LogP contribution in [0.3, 0.4) is 0 Å². The summed E-state index contributed by atoms with van der Waals surface area (Å²) < 4.78 is 13.1. The van der Waals surface area contributed by atoms with Gasteiger partial charge in [-0.2, -0.15) is 0 Å². The molecule has 0 aliphatic rings. The number of hydrogen-bond acceptors (Lipinski definition) is 1. The van der Waals surface area contributed by atoms with Crippen LogP contribution in [-0.4, -0.2) is 6.54 Å². The van der Waals surface area contributed by atoms with Crippen LogP contribution in [0, 0.1) is 12.7 Å². The summed E-state index contributed by atoms with van der Waals surface area (Å²) in [7, 11) is 0. The Morgan fingerprint density at radius 2 is 1.90 bits per heavy atom. The lowest BCUT2D eigenvalue weighted by atomic mass is 9.97. The molecule has 2 aromatic carbocycles. The van der Waals surface area contributed by atoms with Gasteiger partial charge in [0.05, 0.1) is 0 Å². The molecule has 2 rings (SSSR count). The summed E-state index contributed by atoms with van der Waals surface area (Å²) >= 11 is 12.3. The first kappa shape index (κ1) is 16.3. The van der Waals surface area contributed by atoms with Gasteiger partial charge < -0.3 is 5.32 Å². The molecule has 1 unspecified atom stereocenters. The van der Waals surface area contributed by atoms with Gasteiger partial charge in [-0.25, -0.2) is 4.39 Å². The van der Waals surface area contributed by atoms with Crippen LogP contribution in [0.15, 0.2) is 36.4 Å². The molecule has 0 amide bonds. The van der Waals surface area contributed by atoms with E-state index < -0.39 is 0 Å². The number of rotatable bonds is 5. The van der Waals surface area contributed by atoms with Crippen LogP contribution in [-0.2, 0) is 6.42 Å². The Bertz CT molecular complexity index is 608. The zero-order chi connectivity index (χ0) is 15.4. The molecule has 0 saturated heterocycles. The molecule has 0 aliphatic carbocycles. The van der Waals surface area contributed by atoms with Gasteiger partial charge in [0.15, 0.2) is 0 Å². The van der Waals surface area contributed by atoms with E-state index in [4.69, 9.17) is 23.2 Å². The molecule has 21 heavy (non-hydrogen) atoms. The number of aryl methyl sites for hydroxylation is 1. The van der Waals surface area contributed by atoms with Gasteiger partial charge in [-0.05, 0) is 60.8 Å². The lowest BCUT2D eigenvalue weighted by Crippen LogP contribution is -2.23. The minimum atomic E-state index is -0.317. The minimum absolute atomic E-state index is 0.0929. The number of halogens is 3. The Hall–Kier alpha value is -1.09. The van der Waals surface area contributed by atoms with E-state index in [0.717, 1.165) is 28.3 Å². The summed E-state index contributed by atoms with van der Waals surface area (Å²) in [5.41, 5.74) is 3.15. The van der Waals surface area contributed by atoms with Crippen molar-refractivity contribution in [3.63, 3.8) is 0 Å². The molecular weight excluding hydrogens is 308 g/mol. The molecule has 1 atom stereocenters. The zero-order valence-corrected chi connectivity index (χ0v) is 13.6. The minimum Gasteiger partial charge on any atom is -0.310 e. The molecule has 1 nitrogen and oxygen atoms in total. The van der Waals surface area contributed by atoms with E-state index >= 15 is 0 Å². The molecule has 0 fully saturated rings. The van der Waals surface area contributed by atoms with E-state index in [2.05, 4.69) is 18.3 Å². The maximum absolute atomic E-state index is 13.1. The zero-order valence-electron chi connectivity index (χ0n) is 12.1. The fourth-order valence-corrected chi connectivity index (χ4v) is 2.97. The third kappa shape index (κ3) is 4.44. The second kappa shape index (κ2) is 7.26. The second-order valence-corrected chi connectivity index (χ2v) is 5.96. The van der Waals surface area contributed by atoms with E-state index in [1.807, 2.05) is 19.1 Å². The number of nitrogens with one attached hydrogen (secondary N) is 1. The maximum atomic E-state index is 13.1. The van der Waals surface area contributed by atoms with Gasteiger partial charge in [0, 0.05) is 16.1 Å². The van der Waals surface area contributed by atoms with Crippen molar-refractivity contribution in [2.24, 2.45) is 0 Å². The highest BCUT2D eigenvalue weighted by molar-refractivity contribution is 6.31. The Balaban J connectivity index is 2.30. The van der Waals surface area contributed by atoms with Crippen molar-refractivity contribution in [2.45, 2.75) is 26.3 Å². The predicted octanol–water partition coefficient (Wildman–Crippen LogP) is 5.33. The average molecular weight is 326 g/mol. The van der Waals surface area contributed by atoms with Gasteiger partial charge in [0.1, 0.15) is 5.82 Å². The highest BCUT2D eigenvalue weighted by Gasteiger charge is 2.14. The average Bonchev–Trinajstić information content (AvgIpc) is 2.40.